The maximum Gasteiger partial charge on any atom is 0.328 e. The molecule has 1 aromatic carbocycles. The van der Waals surface area contributed by atoms with Crippen LogP contribution in [0.25, 0.3) is 6.08 Å². The van der Waals surface area contributed by atoms with Crippen molar-refractivity contribution < 1.29 is 18.7 Å². The van der Waals surface area contributed by atoms with Crippen molar-refractivity contribution in [3.05, 3.63) is 57.8 Å². The summed E-state index contributed by atoms with van der Waals surface area (Å²) in [5.41, 5.74) is 1.00. The predicted molar refractivity (Wildman–Crippen MR) is 79.5 cm³/mol. The monoisotopic (exact) mass is 309 g/mol. The van der Waals surface area contributed by atoms with Gasteiger partial charge in [0.05, 0.1) is 0 Å². The molecule has 0 spiro atoms. The van der Waals surface area contributed by atoms with Gasteiger partial charge in [-0.05, 0) is 46.2 Å². The fourth-order valence-corrected chi connectivity index (χ4v) is 2.61. The van der Waals surface area contributed by atoms with Gasteiger partial charge >= 0.3 is 5.97 Å². The van der Waals surface area contributed by atoms with Gasteiger partial charge in [-0.2, -0.15) is 11.3 Å². The molecular weight excluding hydrogens is 296 g/mol. The lowest BCUT2D eigenvalue weighted by atomic mass is 10.1. The first-order chi connectivity index (χ1) is 9.97. The number of carboxylic acids is 1. The Kier molecular flexibility index (Phi) is 4.70. The van der Waals surface area contributed by atoms with Crippen LogP contribution in [0, 0.1) is 11.6 Å². The zero-order valence-electron chi connectivity index (χ0n) is 11.2. The Bertz CT molecular complexity index is 645. The molecule has 0 aliphatic heterocycles. The van der Waals surface area contributed by atoms with E-state index in [4.69, 9.17) is 5.11 Å². The van der Waals surface area contributed by atoms with E-state index in [1.54, 1.807) is 7.05 Å². The lowest BCUT2D eigenvalue weighted by Gasteiger charge is -2.20. The first-order valence-electron chi connectivity index (χ1n) is 6.09. The molecule has 0 saturated carbocycles. The number of aliphatic carboxylic acids is 1. The first-order valence-corrected chi connectivity index (χ1v) is 7.04. The number of hydrogen-bond donors (Lipinski definition) is 1. The second-order valence-electron chi connectivity index (χ2n) is 4.49. The van der Waals surface area contributed by atoms with E-state index in [0.29, 0.717) is 6.54 Å². The SMILES string of the molecule is CN(Cc1ccsc1)c1c(F)cc(C=CC(=O)O)cc1F. The van der Waals surface area contributed by atoms with Gasteiger partial charge in [0.25, 0.3) is 0 Å². The average molecular weight is 309 g/mol. The van der Waals surface area contributed by atoms with E-state index in [1.807, 2.05) is 16.8 Å². The van der Waals surface area contributed by atoms with Crippen molar-refractivity contribution in [3.63, 3.8) is 0 Å². The van der Waals surface area contributed by atoms with Crippen molar-refractivity contribution in [1.82, 2.24) is 0 Å². The van der Waals surface area contributed by atoms with Crippen molar-refractivity contribution in [3.8, 4) is 0 Å². The Hall–Kier alpha value is -2.21. The van der Waals surface area contributed by atoms with Crippen LogP contribution < -0.4 is 4.90 Å². The molecule has 0 aliphatic rings. The van der Waals surface area contributed by atoms with Gasteiger partial charge < -0.3 is 10.0 Å². The van der Waals surface area contributed by atoms with Gasteiger partial charge in [-0.15, -0.1) is 0 Å². The lowest BCUT2D eigenvalue weighted by Crippen LogP contribution is -2.19. The molecule has 21 heavy (non-hydrogen) atoms. The normalized spacial score (nSPS) is 11.0. The third kappa shape index (κ3) is 3.88. The van der Waals surface area contributed by atoms with Crippen molar-refractivity contribution >= 4 is 29.1 Å². The number of benzene rings is 1. The van der Waals surface area contributed by atoms with Gasteiger partial charge in [0.2, 0.25) is 0 Å². The first kappa shape index (κ1) is 15.2. The molecule has 1 N–H and O–H groups in total. The molecular formula is C15H13F2NO2S. The highest BCUT2D eigenvalue weighted by Gasteiger charge is 2.15. The highest BCUT2D eigenvalue weighted by molar-refractivity contribution is 7.07. The highest BCUT2D eigenvalue weighted by Crippen LogP contribution is 2.26. The standard InChI is InChI=1S/C15H13F2NO2S/c1-18(8-11-4-5-21-9-11)15-12(16)6-10(7-13(15)17)2-3-14(19)20/h2-7,9H,8H2,1H3,(H,19,20). The van der Waals surface area contributed by atoms with E-state index in [0.717, 1.165) is 29.8 Å². The average Bonchev–Trinajstić information content (AvgIpc) is 2.88. The summed E-state index contributed by atoms with van der Waals surface area (Å²) in [4.78, 5) is 11.9. The van der Waals surface area contributed by atoms with E-state index < -0.39 is 17.6 Å². The second kappa shape index (κ2) is 6.49. The highest BCUT2D eigenvalue weighted by atomic mass is 32.1. The number of carbonyl (C=O) groups is 1. The molecule has 0 fully saturated rings. The van der Waals surface area contributed by atoms with Crippen molar-refractivity contribution in [1.29, 1.82) is 0 Å². The number of carboxylic acid groups (broad SMARTS) is 1. The summed E-state index contributed by atoms with van der Waals surface area (Å²) in [5.74, 6) is -2.62. The zero-order valence-corrected chi connectivity index (χ0v) is 12.0. The van der Waals surface area contributed by atoms with Crippen molar-refractivity contribution in [2.24, 2.45) is 0 Å². The maximum atomic E-state index is 14.1. The van der Waals surface area contributed by atoms with Gasteiger partial charge in [0.15, 0.2) is 0 Å². The van der Waals surface area contributed by atoms with Gasteiger partial charge in [0, 0.05) is 19.7 Å². The number of rotatable bonds is 5. The molecule has 0 bridgehead atoms. The minimum Gasteiger partial charge on any atom is -0.478 e. The van der Waals surface area contributed by atoms with Crippen LogP contribution in [0.15, 0.2) is 35.0 Å². The van der Waals surface area contributed by atoms with Gasteiger partial charge in [-0.3, -0.25) is 0 Å². The van der Waals surface area contributed by atoms with Crippen molar-refractivity contribution in [2.45, 2.75) is 6.54 Å². The number of halogens is 2. The summed E-state index contributed by atoms with van der Waals surface area (Å²) in [7, 11) is 1.60. The van der Waals surface area contributed by atoms with Crippen LogP contribution in [0.2, 0.25) is 0 Å². The van der Waals surface area contributed by atoms with Gasteiger partial charge in [0.1, 0.15) is 17.3 Å². The Balaban J connectivity index is 2.26. The number of hydrogen-bond acceptors (Lipinski definition) is 3. The molecule has 0 atom stereocenters. The van der Waals surface area contributed by atoms with Crippen LogP contribution in [0.1, 0.15) is 11.1 Å². The number of anilines is 1. The van der Waals surface area contributed by atoms with Crippen LogP contribution >= 0.6 is 11.3 Å². The smallest absolute Gasteiger partial charge is 0.328 e. The quantitative estimate of drug-likeness (QED) is 0.855. The topological polar surface area (TPSA) is 40.5 Å². The molecule has 6 heteroatoms. The van der Waals surface area contributed by atoms with Gasteiger partial charge in [-0.25, -0.2) is 13.6 Å². The van der Waals surface area contributed by atoms with E-state index >= 15 is 0 Å². The van der Waals surface area contributed by atoms with E-state index in [2.05, 4.69) is 0 Å². The Morgan fingerprint density at radius 3 is 2.57 bits per heavy atom. The fourth-order valence-electron chi connectivity index (χ4n) is 1.95. The molecule has 0 radical (unpaired) electrons. The summed E-state index contributed by atoms with van der Waals surface area (Å²) in [6.45, 7) is 0.391. The summed E-state index contributed by atoms with van der Waals surface area (Å²) in [5, 5.41) is 12.3. The van der Waals surface area contributed by atoms with Crippen LogP contribution in [-0.4, -0.2) is 18.1 Å². The molecule has 1 aromatic heterocycles. The Morgan fingerprint density at radius 2 is 2.05 bits per heavy atom. The molecule has 2 aromatic rings. The Labute approximate surface area is 124 Å². The molecule has 1 heterocycles. The summed E-state index contributed by atoms with van der Waals surface area (Å²) < 4.78 is 28.1. The Morgan fingerprint density at radius 1 is 1.38 bits per heavy atom. The molecule has 0 saturated heterocycles. The fraction of sp³-hybridized carbons (Fsp3) is 0.133. The van der Waals surface area contributed by atoms with Crippen molar-refractivity contribution in [2.75, 3.05) is 11.9 Å². The molecule has 0 unspecified atom stereocenters. The van der Waals surface area contributed by atoms with Crippen LogP contribution in [0.3, 0.4) is 0 Å². The summed E-state index contributed by atoms with van der Waals surface area (Å²) in [6, 6.07) is 4.12. The maximum absolute atomic E-state index is 14.1. The summed E-state index contributed by atoms with van der Waals surface area (Å²) >= 11 is 1.52. The minimum absolute atomic E-state index is 0.131. The molecule has 110 valence electrons. The third-order valence-electron chi connectivity index (χ3n) is 2.84. The van der Waals surface area contributed by atoms with Gasteiger partial charge in [-0.1, -0.05) is 0 Å². The largest absolute Gasteiger partial charge is 0.478 e. The zero-order chi connectivity index (χ0) is 15.4. The van der Waals surface area contributed by atoms with E-state index in [9.17, 15) is 13.6 Å². The molecule has 2 rings (SSSR count). The van der Waals surface area contributed by atoms with Crippen LogP contribution in [-0.2, 0) is 11.3 Å². The number of thiophene rings is 1. The molecule has 3 nitrogen and oxygen atoms in total. The van der Waals surface area contributed by atoms with E-state index in [-0.39, 0.29) is 11.3 Å². The predicted octanol–water partition coefficient (Wildman–Crippen LogP) is 3.76. The second-order valence-corrected chi connectivity index (χ2v) is 5.27. The van der Waals surface area contributed by atoms with Crippen LogP contribution in [0.5, 0.6) is 0 Å². The third-order valence-corrected chi connectivity index (χ3v) is 3.57. The lowest BCUT2D eigenvalue weighted by molar-refractivity contribution is -0.131. The summed E-state index contributed by atoms with van der Waals surface area (Å²) in [6.07, 6.45) is 1.99. The minimum atomic E-state index is -1.17. The van der Waals surface area contributed by atoms with Crippen LogP contribution in [0.4, 0.5) is 14.5 Å². The number of nitrogens with zero attached hydrogens (tertiary/aromatic N) is 1. The molecule has 0 aliphatic carbocycles. The molecule has 0 amide bonds. The van der Waals surface area contributed by atoms with E-state index in [1.165, 1.54) is 16.2 Å².